The van der Waals surface area contributed by atoms with Gasteiger partial charge in [0.05, 0.1) is 0 Å². The molecule has 0 rings (SSSR count). The molecule has 0 unspecified atom stereocenters. The Bertz CT molecular complexity index is 445. The molecule has 0 N–H and O–H groups in total. The van der Waals surface area contributed by atoms with Gasteiger partial charge >= 0.3 is 0 Å². The van der Waals surface area contributed by atoms with Crippen LogP contribution in [0.2, 0.25) is 50.9 Å². The van der Waals surface area contributed by atoms with E-state index in [0.29, 0.717) is 24.5 Å². The zero-order valence-electron chi connectivity index (χ0n) is 20.1. The first-order valence-electron chi connectivity index (χ1n) is 9.94. The van der Waals surface area contributed by atoms with Crippen molar-refractivity contribution in [2.45, 2.75) is 91.4 Å². The fourth-order valence-corrected chi connectivity index (χ4v) is 15.0. The first kappa shape index (κ1) is 32.4. The monoisotopic (exact) mass is 723 g/mol. The number of hydrogen-bond donors (Lipinski definition) is 0. The predicted molar refractivity (Wildman–Crippen MR) is 122 cm³/mol. The third-order valence-electron chi connectivity index (χ3n) is 3.67. The maximum atomic E-state index is 12.0. The molecule has 0 atom stereocenters. The van der Waals surface area contributed by atoms with Crippen LogP contribution in [0.5, 0.6) is 0 Å². The average Bonchev–Trinajstić information content (AvgIpc) is 2.49. The Labute approximate surface area is 174 Å². The minimum Gasteiger partial charge on any atom is -0.456 e. The molecule has 0 aromatic heterocycles. The van der Waals surface area contributed by atoms with Crippen LogP contribution in [-0.4, -0.2) is 56.2 Å². The quantitative estimate of drug-likeness (QED) is 0.138. The Hall–Kier alpha value is -1.23. The molecule has 4 nitrogen and oxygen atoms in total. The minimum absolute atomic E-state index is 0. The summed E-state index contributed by atoms with van der Waals surface area (Å²) >= 11 is 0. The number of carbonyl (C=O) groups excluding carboxylic acids is 2. The summed E-state index contributed by atoms with van der Waals surface area (Å²) in [5, 5.41) is 0. The molecule has 0 aliphatic carbocycles. The fourth-order valence-electron chi connectivity index (χ4n) is 2.34. The predicted octanol–water partition coefficient (Wildman–Crippen LogP) is 5.76. The van der Waals surface area contributed by atoms with Crippen LogP contribution in [0.3, 0.4) is 0 Å². The zero-order chi connectivity index (χ0) is 22.6. The third kappa shape index (κ3) is 22.9. The van der Waals surface area contributed by atoms with Gasteiger partial charge in [0.1, 0.15) is 18.4 Å². The molecular formula is C19H42F2O4RfSi3. The summed E-state index contributed by atoms with van der Waals surface area (Å²) < 4.78 is 35.3. The molecule has 0 aliphatic rings. The first-order valence-corrected chi connectivity index (χ1v) is 19.0. The van der Waals surface area contributed by atoms with E-state index in [4.69, 9.17) is 8.85 Å². The Kier molecular flexibility index (Phi) is 15.5. The number of halogens is 2. The smallest absolute Gasteiger partial charge is 0.261 e. The Morgan fingerprint density at radius 3 is 1.66 bits per heavy atom. The van der Waals surface area contributed by atoms with Crippen LogP contribution in [0.1, 0.15) is 34.1 Å². The topological polar surface area (TPSA) is 52.6 Å². The second-order valence-electron chi connectivity index (χ2n) is 10.4. The van der Waals surface area contributed by atoms with E-state index >= 15 is 0 Å². The summed E-state index contributed by atoms with van der Waals surface area (Å²) in [6.45, 7) is 18.8. The molecule has 0 aliphatic heterocycles. The van der Waals surface area contributed by atoms with Crippen LogP contribution >= 0.6 is 0 Å². The molecule has 0 spiro atoms. The van der Waals surface area contributed by atoms with Gasteiger partial charge in [-0.1, -0.05) is 34.2 Å². The number of hydrogen-bond acceptors (Lipinski definition) is 4. The van der Waals surface area contributed by atoms with Gasteiger partial charge in [-0.05, 0) is 56.2 Å². The van der Waals surface area contributed by atoms with Crippen LogP contribution < -0.4 is 0 Å². The van der Waals surface area contributed by atoms with Crippen LogP contribution in [-0.2, 0) is 18.4 Å². The van der Waals surface area contributed by atoms with E-state index in [-0.39, 0.29) is 0 Å². The van der Waals surface area contributed by atoms with Crippen molar-refractivity contribution in [1.82, 2.24) is 0 Å². The van der Waals surface area contributed by atoms with Gasteiger partial charge in [-0.2, -0.15) is 0 Å². The van der Waals surface area contributed by atoms with E-state index < -0.39 is 37.7 Å². The molecular weight excluding hydrogens is 681 g/mol. The number of ether oxygens (including phenoxy) is 1. The van der Waals surface area contributed by atoms with Gasteiger partial charge in [0.2, 0.25) is 0 Å². The van der Waals surface area contributed by atoms with Gasteiger partial charge in [-0.15, -0.1) is 0 Å². The second kappa shape index (κ2) is 13.9. The zero-order valence-corrected chi connectivity index (χ0v) is 29.5. The largest absolute Gasteiger partial charge is 0.456 e. The van der Waals surface area contributed by atoms with Crippen molar-refractivity contribution < 1.29 is 27.2 Å². The van der Waals surface area contributed by atoms with Crippen molar-refractivity contribution in [2.75, 3.05) is 13.2 Å². The SMILES string of the molecule is CC(C)(C)C.C[Si](C=O)(C=O)CC[Si](C)(C)O[Si](C)(C)CCCOCC(F)F.[Rf]. The molecule has 0 aromatic carbocycles. The van der Waals surface area contributed by atoms with Crippen LogP contribution in [0.15, 0.2) is 0 Å². The second-order valence-corrected chi connectivity index (χ2v) is 23.3. The van der Waals surface area contributed by atoms with Gasteiger partial charge < -0.3 is 18.4 Å². The molecule has 0 fully saturated rings. The van der Waals surface area contributed by atoms with Crippen molar-refractivity contribution in [3.05, 3.63) is 0 Å². The van der Waals surface area contributed by atoms with E-state index in [1.807, 2.05) is 0 Å². The van der Waals surface area contributed by atoms with Gasteiger partial charge in [0, 0.05) is 6.61 Å². The van der Waals surface area contributed by atoms with Crippen molar-refractivity contribution in [3.8, 4) is 0 Å². The third-order valence-corrected chi connectivity index (χ3v) is 14.0. The van der Waals surface area contributed by atoms with Crippen LogP contribution in [0.25, 0.3) is 0 Å². The van der Waals surface area contributed by atoms with Crippen molar-refractivity contribution in [2.24, 2.45) is 5.41 Å². The molecule has 29 heavy (non-hydrogen) atoms. The number of carbonyl (C=O) groups is 2. The molecule has 0 saturated heterocycles. The summed E-state index contributed by atoms with van der Waals surface area (Å²) in [5.41, 5.74) is 0.500. The summed E-state index contributed by atoms with van der Waals surface area (Å²) in [5.74, 6) is 1.68. The average molecular weight is 724 g/mol. The maximum absolute atomic E-state index is 12.0. The van der Waals surface area contributed by atoms with Crippen LogP contribution in [0.4, 0.5) is 8.78 Å². The van der Waals surface area contributed by atoms with Gasteiger partial charge in [0.25, 0.3) is 6.43 Å². The molecule has 0 heterocycles. The fraction of sp³-hybridized carbons (Fsp3) is 0.895. The summed E-state index contributed by atoms with van der Waals surface area (Å²) in [7, 11) is -6.26. The number of alkyl halides is 2. The van der Waals surface area contributed by atoms with Crippen molar-refractivity contribution in [1.29, 1.82) is 0 Å². The van der Waals surface area contributed by atoms with Crippen molar-refractivity contribution >= 4 is 36.5 Å². The molecule has 0 radical (unpaired) electrons. The Balaban J connectivity index is -0.000000997. The molecule has 0 bridgehead atoms. The molecule has 0 saturated carbocycles. The summed E-state index contributed by atoms with van der Waals surface area (Å²) in [4.78, 5) is 22.1. The summed E-state index contributed by atoms with van der Waals surface area (Å²) in [6.07, 6.45) is -1.71. The Morgan fingerprint density at radius 2 is 1.28 bits per heavy atom. The van der Waals surface area contributed by atoms with Gasteiger partial charge in [0.15, 0.2) is 24.7 Å². The van der Waals surface area contributed by atoms with Gasteiger partial charge in [-0.25, -0.2) is 8.78 Å². The standard InChI is InChI=1S/C14H30F2O4Si3.C5H12.Rf/c1-21(2,8-6-7-19-11-14(15)16)20-22(3,4)9-10-23(5,12-17)13-18;1-5(2,3)4;/h12-14H,6-11H2,1-5H3;1-4H3;. The molecule has 10 heteroatoms. The molecule has 0 amide bonds. The van der Waals surface area contributed by atoms with E-state index in [0.717, 1.165) is 23.9 Å². The van der Waals surface area contributed by atoms with E-state index in [2.05, 4.69) is 53.9 Å². The van der Waals surface area contributed by atoms with E-state index in [9.17, 15) is 18.4 Å². The number of rotatable bonds is 13. The minimum atomic E-state index is -2.42. The normalized spacial score (nSPS) is 12.7. The van der Waals surface area contributed by atoms with Gasteiger partial charge in [-0.3, -0.25) is 0 Å². The van der Waals surface area contributed by atoms with Crippen molar-refractivity contribution in [3.63, 3.8) is 0 Å². The van der Waals surface area contributed by atoms with Crippen LogP contribution in [0, 0.1) is 5.41 Å². The summed E-state index contributed by atoms with van der Waals surface area (Å²) in [6, 6.07) is 2.29. The maximum Gasteiger partial charge on any atom is 0.261 e. The van der Waals surface area contributed by atoms with E-state index in [1.54, 1.807) is 6.55 Å². The Morgan fingerprint density at radius 1 is 0.862 bits per heavy atom. The molecule has 0 aromatic rings. The first-order chi connectivity index (χ1) is 12.5. The molecule has 170 valence electrons. The van der Waals surface area contributed by atoms with E-state index in [1.165, 1.54) is 0 Å².